The fraction of sp³-hybridized carbons (Fsp3) is 0.409. The van der Waals surface area contributed by atoms with Crippen LogP contribution < -0.4 is 4.74 Å². The highest BCUT2D eigenvalue weighted by Gasteiger charge is 2.28. The largest absolute Gasteiger partial charge is 0.497 e. The molecule has 2 aromatic carbocycles. The number of carbonyl (C=O) groups excluding carboxylic acids is 1. The van der Waals surface area contributed by atoms with E-state index in [-0.39, 0.29) is 11.8 Å². The zero-order valence-corrected chi connectivity index (χ0v) is 15.7. The van der Waals surface area contributed by atoms with Gasteiger partial charge in [0.15, 0.2) is 0 Å². The van der Waals surface area contributed by atoms with Crippen molar-refractivity contribution in [2.24, 2.45) is 5.92 Å². The first-order valence-corrected chi connectivity index (χ1v) is 9.30. The van der Waals surface area contributed by atoms with E-state index in [0.717, 1.165) is 38.2 Å². The van der Waals surface area contributed by atoms with Crippen molar-refractivity contribution in [3.05, 3.63) is 65.7 Å². The van der Waals surface area contributed by atoms with E-state index in [9.17, 15) is 4.79 Å². The van der Waals surface area contributed by atoms with Gasteiger partial charge in [-0.05, 0) is 42.6 Å². The van der Waals surface area contributed by atoms with Crippen LogP contribution in [-0.4, -0.2) is 43.0 Å². The molecule has 0 bridgehead atoms. The molecule has 2 aromatic rings. The quantitative estimate of drug-likeness (QED) is 0.797. The minimum absolute atomic E-state index is 0.0862. The number of likely N-dealkylation sites (tertiary alicyclic amines) is 1. The van der Waals surface area contributed by atoms with Gasteiger partial charge in [-0.25, -0.2) is 0 Å². The van der Waals surface area contributed by atoms with Crippen LogP contribution in [0.15, 0.2) is 54.6 Å². The minimum atomic E-state index is 0.0862. The molecule has 3 rings (SSSR count). The molecule has 138 valence electrons. The standard InChI is InChI=1S/C22H28N2O2/c1-23(15-18-8-4-3-5-9-18)22(25)20-11-7-13-24(17-20)16-19-10-6-12-21(14-19)26-2/h3-6,8-10,12,14,20H,7,11,13,15-17H2,1-2H3/t20-/m1/s1. The van der Waals surface area contributed by atoms with Gasteiger partial charge < -0.3 is 9.64 Å². The Morgan fingerprint density at radius 1 is 1.15 bits per heavy atom. The molecule has 26 heavy (non-hydrogen) atoms. The van der Waals surface area contributed by atoms with Crippen LogP contribution in [0.5, 0.6) is 5.75 Å². The van der Waals surface area contributed by atoms with Gasteiger partial charge in [0.25, 0.3) is 0 Å². The van der Waals surface area contributed by atoms with Crippen LogP contribution in [-0.2, 0) is 17.9 Å². The Balaban J connectivity index is 1.57. The molecule has 1 aliphatic rings. The second-order valence-electron chi connectivity index (χ2n) is 7.11. The molecule has 0 radical (unpaired) electrons. The second-order valence-corrected chi connectivity index (χ2v) is 7.11. The summed E-state index contributed by atoms with van der Waals surface area (Å²) in [7, 11) is 3.60. The Morgan fingerprint density at radius 2 is 1.92 bits per heavy atom. The summed E-state index contributed by atoms with van der Waals surface area (Å²) in [5.41, 5.74) is 2.41. The van der Waals surface area contributed by atoms with E-state index in [0.29, 0.717) is 6.54 Å². The van der Waals surface area contributed by atoms with E-state index in [1.165, 1.54) is 11.1 Å². The predicted molar refractivity (Wildman–Crippen MR) is 104 cm³/mol. The number of benzene rings is 2. The lowest BCUT2D eigenvalue weighted by molar-refractivity contribution is -0.136. The molecule has 4 nitrogen and oxygen atoms in total. The highest BCUT2D eigenvalue weighted by molar-refractivity contribution is 5.78. The highest BCUT2D eigenvalue weighted by atomic mass is 16.5. The Labute approximate surface area is 156 Å². The van der Waals surface area contributed by atoms with Crippen molar-refractivity contribution in [3.63, 3.8) is 0 Å². The van der Waals surface area contributed by atoms with E-state index in [4.69, 9.17) is 4.74 Å². The maximum Gasteiger partial charge on any atom is 0.227 e. The normalized spacial score (nSPS) is 17.7. The summed E-state index contributed by atoms with van der Waals surface area (Å²) in [4.78, 5) is 17.1. The molecule has 0 unspecified atom stereocenters. The Kier molecular flexibility index (Phi) is 6.29. The van der Waals surface area contributed by atoms with Crippen molar-refractivity contribution in [3.8, 4) is 5.75 Å². The number of carbonyl (C=O) groups is 1. The van der Waals surface area contributed by atoms with Crippen molar-refractivity contribution in [1.82, 2.24) is 9.80 Å². The van der Waals surface area contributed by atoms with Crippen LogP contribution in [0, 0.1) is 5.92 Å². The maximum atomic E-state index is 12.9. The monoisotopic (exact) mass is 352 g/mol. The maximum absolute atomic E-state index is 12.9. The molecule has 1 atom stereocenters. The molecule has 1 amide bonds. The van der Waals surface area contributed by atoms with Gasteiger partial charge >= 0.3 is 0 Å². The number of nitrogens with zero attached hydrogens (tertiary/aromatic N) is 2. The molecule has 0 aliphatic carbocycles. The third-order valence-corrected chi connectivity index (χ3v) is 5.03. The molecule has 0 saturated carbocycles. The van der Waals surface area contributed by atoms with Crippen molar-refractivity contribution in [1.29, 1.82) is 0 Å². The van der Waals surface area contributed by atoms with Gasteiger partial charge in [0.05, 0.1) is 13.0 Å². The van der Waals surface area contributed by atoms with Gasteiger partial charge in [0, 0.05) is 26.7 Å². The van der Waals surface area contributed by atoms with Gasteiger partial charge in [-0.1, -0.05) is 42.5 Å². The molecule has 0 spiro atoms. The van der Waals surface area contributed by atoms with Gasteiger partial charge in [-0.2, -0.15) is 0 Å². The molecule has 1 heterocycles. The average Bonchev–Trinajstić information content (AvgIpc) is 2.68. The molecular formula is C22H28N2O2. The predicted octanol–water partition coefficient (Wildman–Crippen LogP) is 3.57. The Bertz CT molecular complexity index is 717. The summed E-state index contributed by atoms with van der Waals surface area (Å²) in [6.45, 7) is 3.41. The van der Waals surface area contributed by atoms with Gasteiger partial charge in [0.2, 0.25) is 5.91 Å². The van der Waals surface area contributed by atoms with Crippen LogP contribution in [0.1, 0.15) is 24.0 Å². The number of piperidine rings is 1. The third-order valence-electron chi connectivity index (χ3n) is 5.03. The highest BCUT2D eigenvalue weighted by Crippen LogP contribution is 2.22. The number of ether oxygens (including phenoxy) is 1. The Morgan fingerprint density at radius 3 is 2.69 bits per heavy atom. The van der Waals surface area contributed by atoms with Crippen molar-refractivity contribution < 1.29 is 9.53 Å². The summed E-state index contributed by atoms with van der Waals surface area (Å²) >= 11 is 0. The zero-order valence-electron chi connectivity index (χ0n) is 15.7. The third kappa shape index (κ3) is 4.85. The van der Waals surface area contributed by atoms with Crippen molar-refractivity contribution in [2.75, 3.05) is 27.2 Å². The summed E-state index contributed by atoms with van der Waals surface area (Å²) in [6, 6.07) is 18.4. The number of rotatable bonds is 6. The van der Waals surface area contributed by atoms with Crippen molar-refractivity contribution in [2.45, 2.75) is 25.9 Å². The van der Waals surface area contributed by atoms with E-state index >= 15 is 0 Å². The Hall–Kier alpha value is -2.33. The fourth-order valence-electron chi connectivity index (χ4n) is 3.68. The number of hydrogen-bond donors (Lipinski definition) is 0. The van der Waals surface area contributed by atoms with E-state index in [1.807, 2.05) is 42.3 Å². The summed E-state index contributed by atoms with van der Waals surface area (Å²) < 4.78 is 5.31. The fourth-order valence-corrected chi connectivity index (χ4v) is 3.68. The average molecular weight is 352 g/mol. The van der Waals surface area contributed by atoms with Gasteiger partial charge in [0.1, 0.15) is 5.75 Å². The van der Waals surface area contributed by atoms with Crippen LogP contribution in [0.3, 0.4) is 0 Å². The summed E-state index contributed by atoms with van der Waals surface area (Å²) in [5, 5.41) is 0. The van der Waals surface area contributed by atoms with E-state index < -0.39 is 0 Å². The summed E-state index contributed by atoms with van der Waals surface area (Å²) in [6.07, 6.45) is 2.05. The van der Waals surface area contributed by atoms with Gasteiger partial charge in [-0.15, -0.1) is 0 Å². The topological polar surface area (TPSA) is 32.8 Å². The van der Waals surface area contributed by atoms with Crippen LogP contribution in [0.2, 0.25) is 0 Å². The number of methoxy groups -OCH3 is 1. The molecule has 0 N–H and O–H groups in total. The first-order chi connectivity index (χ1) is 12.7. The number of amides is 1. The minimum Gasteiger partial charge on any atom is -0.497 e. The molecule has 0 aromatic heterocycles. The molecule has 1 saturated heterocycles. The van der Waals surface area contributed by atoms with Crippen molar-refractivity contribution >= 4 is 5.91 Å². The van der Waals surface area contributed by atoms with E-state index in [2.05, 4.69) is 29.2 Å². The molecule has 1 fully saturated rings. The molecule has 1 aliphatic heterocycles. The lowest BCUT2D eigenvalue weighted by atomic mass is 9.96. The van der Waals surface area contributed by atoms with Gasteiger partial charge in [-0.3, -0.25) is 9.69 Å². The molecular weight excluding hydrogens is 324 g/mol. The van der Waals surface area contributed by atoms with E-state index in [1.54, 1.807) is 7.11 Å². The first-order valence-electron chi connectivity index (χ1n) is 9.30. The van der Waals surface area contributed by atoms with Crippen LogP contribution in [0.25, 0.3) is 0 Å². The smallest absolute Gasteiger partial charge is 0.227 e. The second kappa shape index (κ2) is 8.86. The van der Waals surface area contributed by atoms with Crippen LogP contribution >= 0.6 is 0 Å². The lowest BCUT2D eigenvalue weighted by Crippen LogP contribution is -2.43. The number of hydrogen-bond acceptors (Lipinski definition) is 3. The summed E-state index contributed by atoms with van der Waals surface area (Å²) in [5.74, 6) is 1.22. The first kappa shape index (κ1) is 18.5. The lowest BCUT2D eigenvalue weighted by Gasteiger charge is -2.34. The SMILES string of the molecule is COc1cccc(CN2CCC[C@@H](C(=O)N(C)Cc3ccccc3)C2)c1. The zero-order chi connectivity index (χ0) is 18.4. The van der Waals surface area contributed by atoms with Crippen LogP contribution in [0.4, 0.5) is 0 Å². The molecule has 4 heteroatoms.